The van der Waals surface area contributed by atoms with Crippen LogP contribution in [0.1, 0.15) is 32.8 Å². The van der Waals surface area contributed by atoms with Crippen LogP contribution in [0.2, 0.25) is 5.02 Å². The molecular formula is C20H32ClFN4O2. The maximum Gasteiger partial charge on any atom is 0.243 e. The molecule has 0 heterocycles. The summed E-state index contributed by atoms with van der Waals surface area (Å²) in [7, 11) is 3.39. The lowest BCUT2D eigenvalue weighted by Gasteiger charge is -2.28. The fourth-order valence-corrected chi connectivity index (χ4v) is 2.85. The highest BCUT2D eigenvalue weighted by Gasteiger charge is 2.24. The number of hydrogen-bond acceptors (Lipinski definition) is 3. The van der Waals surface area contributed by atoms with Crippen LogP contribution in [0, 0.1) is 5.82 Å². The summed E-state index contributed by atoms with van der Waals surface area (Å²) in [6, 6.07) is 4.41. The molecule has 1 aromatic carbocycles. The summed E-state index contributed by atoms with van der Waals surface area (Å²) >= 11 is 6.22. The van der Waals surface area contributed by atoms with Crippen molar-refractivity contribution in [2.24, 2.45) is 4.99 Å². The number of amides is 1. The predicted molar refractivity (Wildman–Crippen MR) is 113 cm³/mol. The first kappa shape index (κ1) is 24.2. The Kier molecular flexibility index (Phi) is 10.2. The van der Waals surface area contributed by atoms with Gasteiger partial charge in [-0.25, -0.2) is 9.38 Å². The number of halogens is 2. The summed E-state index contributed by atoms with van der Waals surface area (Å²) in [6.07, 6.45) is 0.823. The van der Waals surface area contributed by atoms with E-state index in [0.29, 0.717) is 37.3 Å². The molecule has 0 saturated heterocycles. The number of likely N-dealkylation sites (N-methyl/N-ethyl adjacent to an activating group) is 1. The summed E-state index contributed by atoms with van der Waals surface area (Å²) in [5.41, 5.74) is 0.465. The van der Waals surface area contributed by atoms with Crippen LogP contribution in [-0.2, 0) is 14.9 Å². The Morgan fingerprint density at radius 2 is 2.04 bits per heavy atom. The number of ether oxygens (including phenoxy) is 1. The Morgan fingerprint density at radius 3 is 2.64 bits per heavy atom. The topological polar surface area (TPSA) is 66.0 Å². The van der Waals surface area contributed by atoms with Gasteiger partial charge in [-0.05, 0) is 31.0 Å². The summed E-state index contributed by atoms with van der Waals surface area (Å²) in [5, 5.41) is 6.86. The van der Waals surface area contributed by atoms with Crippen LogP contribution in [0.4, 0.5) is 4.39 Å². The second-order valence-corrected chi connectivity index (χ2v) is 7.70. The molecule has 0 aliphatic heterocycles. The molecule has 2 N–H and O–H groups in total. The number of nitrogens with one attached hydrogen (secondary N) is 2. The zero-order valence-corrected chi connectivity index (χ0v) is 18.2. The third kappa shape index (κ3) is 8.44. The highest BCUT2D eigenvalue weighted by Crippen LogP contribution is 2.29. The van der Waals surface area contributed by atoms with Crippen molar-refractivity contribution < 1.29 is 13.9 Å². The van der Waals surface area contributed by atoms with Crippen LogP contribution in [0.25, 0.3) is 0 Å². The normalized spacial score (nSPS) is 12.0. The molecule has 0 spiro atoms. The molecule has 0 saturated carbocycles. The number of guanidine groups is 1. The molecule has 1 aromatic rings. The van der Waals surface area contributed by atoms with Gasteiger partial charge in [0, 0.05) is 50.8 Å². The number of benzene rings is 1. The average molecular weight is 415 g/mol. The van der Waals surface area contributed by atoms with E-state index in [1.54, 1.807) is 20.2 Å². The number of rotatable bonds is 10. The van der Waals surface area contributed by atoms with Crippen LogP contribution in [0.5, 0.6) is 0 Å². The average Bonchev–Trinajstić information content (AvgIpc) is 2.62. The van der Waals surface area contributed by atoms with E-state index in [2.05, 4.69) is 15.6 Å². The molecule has 0 bridgehead atoms. The van der Waals surface area contributed by atoms with Gasteiger partial charge in [0.25, 0.3) is 0 Å². The zero-order chi connectivity index (χ0) is 21.2. The van der Waals surface area contributed by atoms with E-state index >= 15 is 0 Å². The lowest BCUT2D eigenvalue weighted by Crippen LogP contribution is -2.44. The molecule has 28 heavy (non-hydrogen) atoms. The second-order valence-electron chi connectivity index (χ2n) is 7.29. The minimum absolute atomic E-state index is 0.0471. The molecule has 0 fully saturated rings. The van der Waals surface area contributed by atoms with Gasteiger partial charge in [-0.15, -0.1) is 0 Å². The van der Waals surface area contributed by atoms with Gasteiger partial charge in [0.2, 0.25) is 5.91 Å². The second kappa shape index (κ2) is 11.9. The van der Waals surface area contributed by atoms with E-state index in [1.165, 1.54) is 17.0 Å². The SMILES string of the molecule is CCOCCCNC(=NCC(=O)N(C)C)NCC(C)(C)c1ccc(F)cc1Cl. The third-order valence-electron chi connectivity index (χ3n) is 4.19. The van der Waals surface area contributed by atoms with E-state index in [9.17, 15) is 9.18 Å². The Labute approximate surface area is 172 Å². The Hall–Kier alpha value is -1.86. The van der Waals surface area contributed by atoms with Gasteiger partial charge >= 0.3 is 0 Å². The summed E-state index contributed by atoms with van der Waals surface area (Å²) in [4.78, 5) is 17.7. The zero-order valence-electron chi connectivity index (χ0n) is 17.4. The summed E-state index contributed by atoms with van der Waals surface area (Å²) in [6.45, 7) is 8.54. The van der Waals surface area contributed by atoms with Gasteiger partial charge in [0.15, 0.2) is 5.96 Å². The maximum atomic E-state index is 13.3. The van der Waals surface area contributed by atoms with Crippen molar-refractivity contribution in [1.29, 1.82) is 0 Å². The molecule has 0 aliphatic rings. The van der Waals surface area contributed by atoms with Gasteiger partial charge in [0.1, 0.15) is 12.4 Å². The number of nitrogens with zero attached hydrogens (tertiary/aromatic N) is 2. The minimum atomic E-state index is -0.371. The van der Waals surface area contributed by atoms with Crippen LogP contribution in [0.3, 0.4) is 0 Å². The number of hydrogen-bond donors (Lipinski definition) is 2. The molecule has 8 heteroatoms. The minimum Gasteiger partial charge on any atom is -0.382 e. The van der Waals surface area contributed by atoms with Gasteiger partial charge in [-0.3, -0.25) is 4.79 Å². The fraction of sp³-hybridized carbons (Fsp3) is 0.600. The third-order valence-corrected chi connectivity index (χ3v) is 4.50. The highest BCUT2D eigenvalue weighted by atomic mass is 35.5. The van der Waals surface area contributed by atoms with Crippen molar-refractivity contribution in [1.82, 2.24) is 15.5 Å². The van der Waals surface area contributed by atoms with Crippen molar-refractivity contribution >= 4 is 23.5 Å². The highest BCUT2D eigenvalue weighted by molar-refractivity contribution is 6.31. The molecule has 1 amide bonds. The molecular weight excluding hydrogens is 383 g/mol. The molecule has 158 valence electrons. The lowest BCUT2D eigenvalue weighted by atomic mass is 9.84. The van der Waals surface area contributed by atoms with Crippen LogP contribution < -0.4 is 10.6 Å². The van der Waals surface area contributed by atoms with Crippen molar-refractivity contribution in [3.63, 3.8) is 0 Å². The number of carbonyl (C=O) groups is 1. The standard InChI is InChI=1S/C20H32ClFN4O2/c1-6-28-11-7-10-23-19(24-13-18(27)26(4)5)25-14-20(2,3)16-9-8-15(22)12-17(16)21/h8-9,12H,6-7,10-11,13-14H2,1-5H3,(H2,23,24,25). The van der Waals surface area contributed by atoms with E-state index in [0.717, 1.165) is 12.0 Å². The van der Waals surface area contributed by atoms with Crippen molar-refractivity contribution in [3.05, 3.63) is 34.6 Å². The van der Waals surface area contributed by atoms with Crippen molar-refractivity contribution in [2.75, 3.05) is 46.9 Å². The van der Waals surface area contributed by atoms with E-state index in [-0.39, 0.29) is 23.7 Å². The first-order valence-electron chi connectivity index (χ1n) is 9.43. The first-order chi connectivity index (χ1) is 13.2. The van der Waals surface area contributed by atoms with Crippen molar-refractivity contribution in [3.8, 4) is 0 Å². The van der Waals surface area contributed by atoms with Crippen molar-refractivity contribution in [2.45, 2.75) is 32.6 Å². The summed E-state index contributed by atoms with van der Waals surface area (Å²) < 4.78 is 18.7. The summed E-state index contributed by atoms with van der Waals surface area (Å²) in [5.74, 6) is 0.0900. The molecule has 0 atom stereocenters. The Bertz CT molecular complexity index is 666. The Morgan fingerprint density at radius 1 is 1.32 bits per heavy atom. The van der Waals surface area contributed by atoms with E-state index < -0.39 is 0 Å². The van der Waals surface area contributed by atoms with E-state index in [1.807, 2.05) is 20.8 Å². The van der Waals surface area contributed by atoms with Crippen LogP contribution in [-0.4, -0.2) is 63.7 Å². The smallest absolute Gasteiger partial charge is 0.243 e. The molecule has 0 radical (unpaired) electrons. The molecule has 0 unspecified atom stereocenters. The fourth-order valence-electron chi connectivity index (χ4n) is 2.43. The predicted octanol–water partition coefficient (Wildman–Crippen LogP) is 2.81. The van der Waals surface area contributed by atoms with Gasteiger partial charge in [-0.2, -0.15) is 0 Å². The van der Waals surface area contributed by atoms with E-state index in [4.69, 9.17) is 16.3 Å². The van der Waals surface area contributed by atoms with Crippen LogP contribution in [0.15, 0.2) is 23.2 Å². The van der Waals surface area contributed by atoms with Gasteiger partial charge in [0.05, 0.1) is 0 Å². The quantitative estimate of drug-likeness (QED) is 0.351. The van der Waals surface area contributed by atoms with Gasteiger partial charge < -0.3 is 20.3 Å². The monoisotopic (exact) mass is 414 g/mol. The van der Waals surface area contributed by atoms with Crippen LogP contribution >= 0.6 is 11.6 Å². The van der Waals surface area contributed by atoms with Gasteiger partial charge in [-0.1, -0.05) is 31.5 Å². The lowest BCUT2D eigenvalue weighted by molar-refractivity contribution is -0.127. The molecule has 0 aliphatic carbocycles. The largest absolute Gasteiger partial charge is 0.382 e. The molecule has 6 nitrogen and oxygen atoms in total. The maximum absolute atomic E-state index is 13.3. The molecule has 0 aromatic heterocycles. The number of carbonyl (C=O) groups excluding carboxylic acids is 1. The first-order valence-corrected chi connectivity index (χ1v) is 9.80. The molecule has 1 rings (SSSR count). The number of aliphatic imine (C=N–C) groups is 1. The Balaban J connectivity index is 2.77.